The van der Waals surface area contributed by atoms with E-state index >= 15 is 0 Å². The molecule has 1 N–H and O–H groups in total. The summed E-state index contributed by atoms with van der Waals surface area (Å²) in [7, 11) is 0.545. The van der Waals surface area contributed by atoms with Crippen molar-refractivity contribution in [2.45, 2.75) is 4.90 Å². The Labute approximate surface area is 151 Å². The molecule has 1 amide bonds. The number of hydrogen-bond donors (Lipinski definition) is 1. The number of halogens is 1. The van der Waals surface area contributed by atoms with Gasteiger partial charge in [0.15, 0.2) is 6.61 Å². The molecule has 0 aliphatic carbocycles. The highest BCUT2D eigenvalue weighted by atomic mass is 32.2. The lowest BCUT2D eigenvalue weighted by molar-refractivity contribution is -0.118. The van der Waals surface area contributed by atoms with Crippen LogP contribution in [0.15, 0.2) is 47.4 Å². The SMILES string of the molecule is COc1ccc(S(=O)(=O)N(C)C)cc1NC(=O)COc1cccc(F)c1. The fraction of sp³-hybridized carbons (Fsp3) is 0.235. The van der Waals surface area contributed by atoms with Gasteiger partial charge in [-0.2, -0.15) is 0 Å². The monoisotopic (exact) mass is 382 g/mol. The number of ether oxygens (including phenoxy) is 2. The van der Waals surface area contributed by atoms with E-state index in [0.717, 1.165) is 10.4 Å². The molecule has 0 atom stereocenters. The summed E-state index contributed by atoms with van der Waals surface area (Å²) in [6.45, 7) is -0.378. The highest BCUT2D eigenvalue weighted by Gasteiger charge is 2.20. The molecule has 9 heteroatoms. The van der Waals surface area contributed by atoms with Gasteiger partial charge in [0.2, 0.25) is 10.0 Å². The van der Waals surface area contributed by atoms with Crippen LogP contribution < -0.4 is 14.8 Å². The van der Waals surface area contributed by atoms with E-state index in [1.165, 1.54) is 57.6 Å². The Morgan fingerprint density at radius 3 is 2.54 bits per heavy atom. The molecule has 2 aromatic carbocycles. The lowest BCUT2D eigenvalue weighted by atomic mass is 10.3. The first-order valence-electron chi connectivity index (χ1n) is 7.53. The minimum atomic E-state index is -3.67. The first-order chi connectivity index (χ1) is 12.2. The van der Waals surface area contributed by atoms with Crippen LogP contribution in [0.1, 0.15) is 0 Å². The van der Waals surface area contributed by atoms with E-state index in [9.17, 15) is 17.6 Å². The number of nitrogens with one attached hydrogen (secondary N) is 1. The number of anilines is 1. The fourth-order valence-corrected chi connectivity index (χ4v) is 2.98. The van der Waals surface area contributed by atoms with Gasteiger partial charge < -0.3 is 14.8 Å². The summed E-state index contributed by atoms with van der Waals surface area (Å²) in [6.07, 6.45) is 0. The largest absolute Gasteiger partial charge is 0.495 e. The Bertz CT molecular complexity index is 900. The van der Waals surface area contributed by atoms with Crippen LogP contribution in [-0.2, 0) is 14.8 Å². The average molecular weight is 382 g/mol. The maximum atomic E-state index is 13.1. The molecular formula is C17H19FN2O5S. The minimum Gasteiger partial charge on any atom is -0.495 e. The summed E-state index contributed by atoms with van der Waals surface area (Å²) >= 11 is 0. The highest BCUT2D eigenvalue weighted by molar-refractivity contribution is 7.89. The van der Waals surface area contributed by atoms with Crippen molar-refractivity contribution in [2.75, 3.05) is 33.1 Å². The predicted molar refractivity (Wildman–Crippen MR) is 94.4 cm³/mol. The van der Waals surface area contributed by atoms with E-state index in [4.69, 9.17) is 9.47 Å². The topological polar surface area (TPSA) is 84.9 Å². The van der Waals surface area contributed by atoms with Gasteiger partial charge in [-0.05, 0) is 30.3 Å². The highest BCUT2D eigenvalue weighted by Crippen LogP contribution is 2.28. The Morgan fingerprint density at radius 1 is 1.19 bits per heavy atom. The molecule has 0 bridgehead atoms. The molecule has 140 valence electrons. The number of methoxy groups -OCH3 is 1. The molecule has 0 radical (unpaired) electrons. The number of carbonyl (C=O) groups excluding carboxylic acids is 1. The smallest absolute Gasteiger partial charge is 0.262 e. The van der Waals surface area contributed by atoms with E-state index in [2.05, 4.69) is 5.32 Å². The van der Waals surface area contributed by atoms with Gasteiger partial charge in [-0.25, -0.2) is 17.1 Å². The van der Waals surface area contributed by atoms with Crippen molar-refractivity contribution < 1.29 is 27.1 Å². The lowest BCUT2D eigenvalue weighted by Crippen LogP contribution is -2.23. The summed E-state index contributed by atoms with van der Waals surface area (Å²) in [4.78, 5) is 12.1. The molecule has 0 heterocycles. The van der Waals surface area contributed by atoms with Gasteiger partial charge in [-0.15, -0.1) is 0 Å². The van der Waals surface area contributed by atoms with Crippen LogP contribution >= 0.6 is 0 Å². The first-order valence-corrected chi connectivity index (χ1v) is 8.97. The molecule has 0 aliphatic heterocycles. The first kappa shape index (κ1) is 19.7. The Morgan fingerprint density at radius 2 is 1.92 bits per heavy atom. The second-order valence-corrected chi connectivity index (χ2v) is 7.60. The van der Waals surface area contributed by atoms with Crippen LogP contribution in [0, 0.1) is 5.82 Å². The van der Waals surface area contributed by atoms with Crippen molar-refractivity contribution in [3.8, 4) is 11.5 Å². The standard InChI is InChI=1S/C17H19FN2O5S/c1-20(2)26(22,23)14-7-8-16(24-3)15(10-14)19-17(21)11-25-13-6-4-5-12(18)9-13/h4-10H,11H2,1-3H3,(H,19,21). The van der Waals surface area contributed by atoms with E-state index in [1.54, 1.807) is 0 Å². The minimum absolute atomic E-state index is 0.00430. The van der Waals surface area contributed by atoms with Gasteiger partial charge in [0, 0.05) is 20.2 Å². The second kappa shape index (κ2) is 8.15. The van der Waals surface area contributed by atoms with Crippen LogP contribution in [0.5, 0.6) is 11.5 Å². The third kappa shape index (κ3) is 4.70. The molecule has 0 fully saturated rings. The van der Waals surface area contributed by atoms with Gasteiger partial charge in [0.05, 0.1) is 17.7 Å². The maximum absolute atomic E-state index is 13.1. The van der Waals surface area contributed by atoms with Crippen LogP contribution in [0.4, 0.5) is 10.1 Å². The zero-order valence-corrected chi connectivity index (χ0v) is 15.3. The molecule has 2 rings (SSSR count). The third-order valence-corrected chi connectivity index (χ3v) is 5.20. The summed E-state index contributed by atoms with van der Waals surface area (Å²) in [5.74, 6) is -0.531. The predicted octanol–water partition coefficient (Wildman–Crippen LogP) is 2.10. The van der Waals surface area contributed by atoms with E-state index in [0.29, 0.717) is 5.75 Å². The second-order valence-electron chi connectivity index (χ2n) is 5.44. The molecule has 26 heavy (non-hydrogen) atoms. The lowest BCUT2D eigenvalue weighted by Gasteiger charge is -2.15. The van der Waals surface area contributed by atoms with Crippen LogP contribution in [0.25, 0.3) is 0 Å². The number of nitrogens with zero attached hydrogens (tertiary/aromatic N) is 1. The van der Waals surface area contributed by atoms with Gasteiger partial charge >= 0.3 is 0 Å². The van der Waals surface area contributed by atoms with Crippen molar-refractivity contribution in [1.82, 2.24) is 4.31 Å². The molecular weight excluding hydrogens is 363 g/mol. The maximum Gasteiger partial charge on any atom is 0.262 e. The van der Waals surface area contributed by atoms with E-state index in [-0.39, 0.29) is 22.9 Å². The van der Waals surface area contributed by atoms with Gasteiger partial charge in [-0.1, -0.05) is 6.07 Å². The summed E-state index contributed by atoms with van der Waals surface area (Å²) < 4.78 is 49.0. The number of amides is 1. The molecule has 0 spiro atoms. The van der Waals surface area contributed by atoms with Crippen LogP contribution in [0.2, 0.25) is 0 Å². The Balaban J connectivity index is 2.15. The van der Waals surface area contributed by atoms with E-state index < -0.39 is 21.7 Å². The average Bonchev–Trinajstić information content (AvgIpc) is 2.60. The zero-order chi connectivity index (χ0) is 19.3. The molecule has 0 unspecified atom stereocenters. The Hall–Kier alpha value is -2.65. The zero-order valence-electron chi connectivity index (χ0n) is 14.5. The van der Waals surface area contributed by atoms with Gasteiger partial charge in [0.1, 0.15) is 17.3 Å². The molecule has 7 nitrogen and oxygen atoms in total. The summed E-state index contributed by atoms with van der Waals surface area (Å²) in [6, 6.07) is 9.51. The number of rotatable bonds is 7. The number of hydrogen-bond acceptors (Lipinski definition) is 5. The molecule has 0 saturated carbocycles. The number of carbonyl (C=O) groups is 1. The van der Waals surface area contributed by atoms with Crippen molar-refractivity contribution >= 4 is 21.6 Å². The third-order valence-electron chi connectivity index (χ3n) is 3.39. The number of benzene rings is 2. The van der Waals surface area contributed by atoms with Crippen LogP contribution in [-0.4, -0.2) is 46.4 Å². The fourth-order valence-electron chi connectivity index (χ4n) is 2.05. The molecule has 2 aromatic rings. The van der Waals surface area contributed by atoms with Gasteiger partial charge in [0.25, 0.3) is 5.91 Å². The Kier molecular flexibility index (Phi) is 6.17. The van der Waals surface area contributed by atoms with Crippen molar-refractivity contribution in [3.63, 3.8) is 0 Å². The molecule has 0 aliphatic rings. The molecule has 0 saturated heterocycles. The summed E-state index contributed by atoms with van der Waals surface area (Å²) in [5.41, 5.74) is 0.184. The van der Waals surface area contributed by atoms with Crippen molar-refractivity contribution in [1.29, 1.82) is 0 Å². The quantitative estimate of drug-likeness (QED) is 0.793. The van der Waals surface area contributed by atoms with Gasteiger partial charge in [-0.3, -0.25) is 4.79 Å². The van der Waals surface area contributed by atoms with Crippen molar-refractivity contribution in [2.24, 2.45) is 0 Å². The normalized spacial score (nSPS) is 11.3. The van der Waals surface area contributed by atoms with Crippen LogP contribution in [0.3, 0.4) is 0 Å². The number of sulfonamides is 1. The van der Waals surface area contributed by atoms with Crippen molar-refractivity contribution in [3.05, 3.63) is 48.3 Å². The molecule has 0 aromatic heterocycles. The summed E-state index contributed by atoms with van der Waals surface area (Å²) in [5, 5.41) is 2.53. The van der Waals surface area contributed by atoms with E-state index in [1.807, 2.05) is 0 Å².